The Bertz CT molecular complexity index is 881. The van der Waals surface area contributed by atoms with Gasteiger partial charge in [0.1, 0.15) is 0 Å². The van der Waals surface area contributed by atoms with Crippen LogP contribution in [0.1, 0.15) is 34.4 Å². The van der Waals surface area contributed by atoms with E-state index in [-0.39, 0.29) is 12.8 Å². The summed E-state index contributed by atoms with van der Waals surface area (Å²) >= 11 is 0. The Balaban J connectivity index is 1.62. The number of nitrogens with zero attached hydrogens (tertiary/aromatic N) is 1. The lowest BCUT2D eigenvalue weighted by Crippen LogP contribution is -2.41. The average molecular weight is 355 g/mol. The second kappa shape index (κ2) is 5.79. The molecule has 0 saturated carbocycles. The lowest BCUT2D eigenvalue weighted by atomic mass is 9.81. The lowest BCUT2D eigenvalue weighted by Gasteiger charge is -2.44. The number of hydrogen-bond donors (Lipinski definition) is 1. The number of rotatable bonds is 2. The molecule has 1 N–H and O–H groups in total. The highest BCUT2D eigenvalue weighted by Crippen LogP contribution is 2.50. The highest BCUT2D eigenvalue weighted by Gasteiger charge is 2.41. The van der Waals surface area contributed by atoms with Crippen molar-refractivity contribution in [1.29, 1.82) is 0 Å². The van der Waals surface area contributed by atoms with E-state index in [4.69, 9.17) is 18.9 Å². The van der Waals surface area contributed by atoms with Gasteiger partial charge in [-0.15, -0.1) is 0 Å². The molecule has 136 valence electrons. The van der Waals surface area contributed by atoms with Gasteiger partial charge in [0.05, 0.1) is 26.4 Å². The zero-order valence-corrected chi connectivity index (χ0v) is 14.8. The minimum atomic E-state index is -0.641. The molecular formula is C20H21NO5. The Kier molecular flexibility index (Phi) is 3.52. The van der Waals surface area contributed by atoms with E-state index in [1.165, 1.54) is 5.56 Å². The summed E-state index contributed by atoms with van der Waals surface area (Å²) in [6.07, 6.45) is 0.273. The molecule has 0 aliphatic carbocycles. The van der Waals surface area contributed by atoms with Gasteiger partial charge in [0.15, 0.2) is 23.0 Å². The lowest BCUT2D eigenvalue weighted by molar-refractivity contribution is 0.0195. The van der Waals surface area contributed by atoms with Gasteiger partial charge in [-0.1, -0.05) is 6.07 Å². The van der Waals surface area contributed by atoms with Gasteiger partial charge in [0.2, 0.25) is 6.79 Å². The smallest absolute Gasteiger partial charge is 0.231 e. The van der Waals surface area contributed by atoms with Crippen molar-refractivity contribution in [1.82, 2.24) is 4.90 Å². The summed E-state index contributed by atoms with van der Waals surface area (Å²) in [5.74, 6) is 2.96. The molecule has 3 aliphatic heterocycles. The summed E-state index contributed by atoms with van der Waals surface area (Å²) in [5, 5.41) is 11.2. The Hall–Kier alpha value is -2.44. The Morgan fingerprint density at radius 2 is 1.88 bits per heavy atom. The SMILES string of the molecule is COc1ccc2c(c1OC)CN1CCc3cc4c(cc3[C@@H]1[C@H]2O)OCO4. The first-order chi connectivity index (χ1) is 12.7. The predicted molar refractivity (Wildman–Crippen MR) is 93.9 cm³/mol. The first-order valence-electron chi connectivity index (χ1n) is 8.79. The molecule has 0 aromatic heterocycles. The fourth-order valence-corrected chi connectivity index (χ4v) is 4.46. The zero-order valence-electron chi connectivity index (χ0n) is 14.8. The van der Waals surface area contributed by atoms with Crippen LogP contribution in [0, 0.1) is 0 Å². The first kappa shape index (κ1) is 15.8. The van der Waals surface area contributed by atoms with Crippen molar-refractivity contribution in [3.63, 3.8) is 0 Å². The van der Waals surface area contributed by atoms with Crippen LogP contribution in [-0.4, -0.2) is 37.6 Å². The van der Waals surface area contributed by atoms with Gasteiger partial charge in [-0.2, -0.15) is 0 Å². The molecule has 5 rings (SSSR count). The minimum absolute atomic E-state index is 0.0983. The molecule has 0 radical (unpaired) electrons. The van der Waals surface area contributed by atoms with E-state index in [1.54, 1.807) is 14.2 Å². The van der Waals surface area contributed by atoms with Crippen LogP contribution in [0.15, 0.2) is 24.3 Å². The van der Waals surface area contributed by atoms with Crippen molar-refractivity contribution >= 4 is 0 Å². The second-order valence-electron chi connectivity index (χ2n) is 6.88. The third-order valence-corrected chi connectivity index (χ3v) is 5.68. The minimum Gasteiger partial charge on any atom is -0.493 e. The number of benzene rings is 2. The van der Waals surface area contributed by atoms with E-state index in [1.807, 2.05) is 18.2 Å². The van der Waals surface area contributed by atoms with E-state index in [2.05, 4.69) is 11.0 Å². The quantitative estimate of drug-likeness (QED) is 0.894. The largest absolute Gasteiger partial charge is 0.493 e. The zero-order chi connectivity index (χ0) is 17.8. The number of fused-ring (bicyclic) bond motifs is 5. The van der Waals surface area contributed by atoms with Crippen molar-refractivity contribution in [3.05, 3.63) is 46.5 Å². The van der Waals surface area contributed by atoms with Gasteiger partial charge < -0.3 is 24.1 Å². The summed E-state index contributed by atoms with van der Waals surface area (Å²) in [4.78, 5) is 2.31. The Labute approximate surface area is 151 Å². The van der Waals surface area contributed by atoms with Crippen molar-refractivity contribution in [3.8, 4) is 23.0 Å². The topological polar surface area (TPSA) is 60.4 Å². The number of ether oxygens (including phenoxy) is 4. The van der Waals surface area contributed by atoms with Crippen LogP contribution in [0.4, 0.5) is 0 Å². The molecule has 0 unspecified atom stereocenters. The van der Waals surface area contributed by atoms with Crippen LogP contribution in [-0.2, 0) is 13.0 Å². The van der Waals surface area contributed by atoms with Gasteiger partial charge in [-0.25, -0.2) is 0 Å². The summed E-state index contributed by atoms with van der Waals surface area (Å²) in [5.41, 5.74) is 4.24. The summed E-state index contributed by atoms with van der Waals surface area (Å²) in [6.45, 7) is 1.84. The number of aliphatic hydroxyl groups excluding tert-OH is 1. The van der Waals surface area contributed by atoms with Crippen molar-refractivity contribution in [2.24, 2.45) is 0 Å². The third kappa shape index (κ3) is 2.12. The van der Waals surface area contributed by atoms with Crippen LogP contribution < -0.4 is 18.9 Å². The van der Waals surface area contributed by atoms with E-state index < -0.39 is 6.10 Å². The molecule has 2 aromatic carbocycles. The van der Waals surface area contributed by atoms with Crippen LogP contribution in [0.3, 0.4) is 0 Å². The van der Waals surface area contributed by atoms with E-state index in [0.29, 0.717) is 18.0 Å². The van der Waals surface area contributed by atoms with E-state index in [9.17, 15) is 5.11 Å². The molecular weight excluding hydrogens is 334 g/mol. The Morgan fingerprint density at radius 1 is 1.08 bits per heavy atom. The highest BCUT2D eigenvalue weighted by molar-refractivity contribution is 5.56. The maximum Gasteiger partial charge on any atom is 0.231 e. The molecule has 26 heavy (non-hydrogen) atoms. The number of hydrogen-bond acceptors (Lipinski definition) is 6. The molecule has 3 heterocycles. The molecule has 0 amide bonds. The standard InChI is InChI=1S/C20H21NO5/c1-23-15-4-3-12-14(20(15)24-2)9-21-6-5-11-7-16-17(26-10-25-16)8-13(11)18(21)19(12)22/h3-4,7-8,18-19,22H,5-6,9-10H2,1-2H3/t18-,19+/m1/s1. The van der Waals surface area contributed by atoms with Gasteiger partial charge in [0, 0.05) is 18.7 Å². The fourth-order valence-electron chi connectivity index (χ4n) is 4.46. The van der Waals surface area contributed by atoms with Gasteiger partial charge >= 0.3 is 0 Å². The maximum atomic E-state index is 11.2. The van der Waals surface area contributed by atoms with Crippen molar-refractivity contribution < 1.29 is 24.1 Å². The second-order valence-corrected chi connectivity index (χ2v) is 6.88. The predicted octanol–water partition coefficient (Wildman–Crippen LogP) is 2.58. The maximum absolute atomic E-state index is 11.2. The average Bonchev–Trinajstić information content (AvgIpc) is 3.12. The summed E-state index contributed by atoms with van der Waals surface area (Å²) in [7, 11) is 3.27. The molecule has 0 fully saturated rings. The van der Waals surface area contributed by atoms with Crippen molar-refractivity contribution in [2.75, 3.05) is 27.6 Å². The van der Waals surface area contributed by atoms with Crippen LogP contribution in [0.5, 0.6) is 23.0 Å². The molecule has 6 heteroatoms. The fraction of sp³-hybridized carbons (Fsp3) is 0.400. The van der Waals surface area contributed by atoms with E-state index in [0.717, 1.165) is 41.2 Å². The van der Waals surface area contributed by atoms with Crippen molar-refractivity contribution in [2.45, 2.75) is 25.1 Å². The highest BCUT2D eigenvalue weighted by atomic mass is 16.7. The third-order valence-electron chi connectivity index (χ3n) is 5.68. The van der Waals surface area contributed by atoms with Gasteiger partial charge in [0.25, 0.3) is 0 Å². The van der Waals surface area contributed by atoms with Crippen LogP contribution >= 0.6 is 0 Å². The monoisotopic (exact) mass is 355 g/mol. The molecule has 0 bridgehead atoms. The molecule has 6 nitrogen and oxygen atoms in total. The Morgan fingerprint density at radius 3 is 2.65 bits per heavy atom. The molecule has 2 aromatic rings. The number of aliphatic hydroxyl groups is 1. The molecule has 2 atom stereocenters. The summed E-state index contributed by atoms with van der Waals surface area (Å²) in [6, 6.07) is 7.80. The van der Waals surface area contributed by atoms with Crippen LogP contribution in [0.2, 0.25) is 0 Å². The molecule has 0 saturated heterocycles. The van der Waals surface area contributed by atoms with E-state index >= 15 is 0 Å². The van der Waals surface area contributed by atoms with Gasteiger partial charge in [-0.05, 0) is 41.3 Å². The van der Waals surface area contributed by atoms with Crippen LogP contribution in [0.25, 0.3) is 0 Å². The molecule has 0 spiro atoms. The normalized spacial score (nSPS) is 23.0. The molecule has 3 aliphatic rings. The number of methoxy groups -OCH3 is 2. The van der Waals surface area contributed by atoms with Gasteiger partial charge in [-0.3, -0.25) is 4.90 Å². The first-order valence-corrected chi connectivity index (χ1v) is 8.79. The summed E-state index contributed by atoms with van der Waals surface area (Å²) < 4.78 is 22.1.